The first kappa shape index (κ1) is 19.4. The Morgan fingerprint density at radius 3 is 2.48 bits per heavy atom. The van der Waals surface area contributed by atoms with Crippen molar-refractivity contribution in [2.24, 2.45) is 13.0 Å². The molecule has 27 heavy (non-hydrogen) atoms. The first-order chi connectivity index (χ1) is 13.0. The maximum atomic E-state index is 13.0. The summed E-state index contributed by atoms with van der Waals surface area (Å²) in [6.07, 6.45) is 4.89. The fourth-order valence-electron chi connectivity index (χ4n) is 3.91. The van der Waals surface area contributed by atoms with E-state index >= 15 is 0 Å². The Balaban J connectivity index is 1.74. The molecule has 148 valence electrons. The quantitative estimate of drug-likeness (QED) is 0.796. The molecular weight excluding hydrogens is 346 g/mol. The summed E-state index contributed by atoms with van der Waals surface area (Å²) in [5.74, 6) is -0.162. The van der Waals surface area contributed by atoms with Gasteiger partial charge in [0.15, 0.2) is 0 Å². The number of carbonyl (C=O) groups is 3. The number of aromatic nitrogens is 2. The van der Waals surface area contributed by atoms with Crippen molar-refractivity contribution in [3.05, 3.63) is 18.0 Å². The number of carbonyl (C=O) groups excluding carboxylic acids is 3. The third kappa shape index (κ3) is 3.84. The molecule has 1 aliphatic heterocycles. The van der Waals surface area contributed by atoms with Gasteiger partial charge in [0.2, 0.25) is 11.8 Å². The number of nitrogens with one attached hydrogen (secondary N) is 1. The average molecular weight is 375 g/mol. The largest absolute Gasteiger partial charge is 0.346 e. The molecule has 8 heteroatoms. The van der Waals surface area contributed by atoms with Crippen LogP contribution >= 0.6 is 0 Å². The lowest BCUT2D eigenvalue weighted by atomic mass is 9.84. The molecule has 1 saturated heterocycles. The third-order valence-electron chi connectivity index (χ3n) is 5.79. The van der Waals surface area contributed by atoms with Gasteiger partial charge >= 0.3 is 0 Å². The third-order valence-corrected chi connectivity index (χ3v) is 5.79. The summed E-state index contributed by atoms with van der Waals surface area (Å²) in [5, 5.41) is 6.99. The second-order valence-electron chi connectivity index (χ2n) is 7.39. The van der Waals surface area contributed by atoms with Gasteiger partial charge in [-0.25, -0.2) is 0 Å². The first-order valence-corrected chi connectivity index (χ1v) is 9.84. The Bertz CT molecular complexity index is 708. The molecule has 0 bridgehead atoms. The van der Waals surface area contributed by atoms with E-state index in [1.807, 2.05) is 13.8 Å². The minimum absolute atomic E-state index is 0.0232. The molecule has 3 amide bonds. The molecule has 2 fully saturated rings. The molecule has 1 aromatic rings. The molecule has 1 aliphatic carbocycles. The predicted octanol–water partition coefficient (Wildman–Crippen LogP) is 0.788. The lowest BCUT2D eigenvalue weighted by molar-refractivity contribution is -0.147. The molecule has 0 radical (unpaired) electrons. The Hall–Kier alpha value is -2.38. The fraction of sp³-hybridized carbons (Fsp3) is 0.684. The lowest BCUT2D eigenvalue weighted by Crippen LogP contribution is -2.50. The number of amides is 3. The first-order valence-electron chi connectivity index (χ1n) is 9.84. The van der Waals surface area contributed by atoms with Crippen LogP contribution in [0.5, 0.6) is 0 Å². The highest BCUT2D eigenvalue weighted by molar-refractivity contribution is 5.93. The maximum Gasteiger partial charge on any atom is 0.269 e. The van der Waals surface area contributed by atoms with Crippen LogP contribution in [-0.2, 0) is 16.6 Å². The number of likely N-dealkylation sites (N-methyl/N-ethyl adjacent to an activating group) is 1. The van der Waals surface area contributed by atoms with E-state index in [-0.39, 0.29) is 29.7 Å². The van der Waals surface area contributed by atoms with Crippen LogP contribution in [0.25, 0.3) is 0 Å². The monoisotopic (exact) mass is 375 g/mol. The zero-order chi connectivity index (χ0) is 19.6. The molecule has 0 aromatic carbocycles. The van der Waals surface area contributed by atoms with Gasteiger partial charge in [-0.15, -0.1) is 0 Å². The smallest absolute Gasteiger partial charge is 0.269 e. The van der Waals surface area contributed by atoms with Gasteiger partial charge in [-0.1, -0.05) is 6.42 Å². The van der Waals surface area contributed by atoms with Crippen molar-refractivity contribution < 1.29 is 14.4 Å². The molecule has 2 atom stereocenters. The van der Waals surface area contributed by atoms with Crippen LogP contribution < -0.4 is 5.32 Å². The number of hydrogen-bond donors (Lipinski definition) is 1. The van der Waals surface area contributed by atoms with Crippen molar-refractivity contribution in [1.29, 1.82) is 0 Å². The topological polar surface area (TPSA) is 87.5 Å². The summed E-state index contributed by atoms with van der Waals surface area (Å²) < 4.78 is 1.51. The molecule has 3 rings (SSSR count). The van der Waals surface area contributed by atoms with Crippen LogP contribution in [0.3, 0.4) is 0 Å². The maximum absolute atomic E-state index is 13.0. The normalized spacial score (nSPS) is 22.4. The summed E-state index contributed by atoms with van der Waals surface area (Å²) in [6.45, 7) is 5.50. The van der Waals surface area contributed by atoms with Crippen molar-refractivity contribution in [1.82, 2.24) is 24.9 Å². The molecule has 1 aromatic heterocycles. The van der Waals surface area contributed by atoms with Crippen LogP contribution in [0.2, 0.25) is 0 Å². The average Bonchev–Trinajstić information content (AvgIpc) is 3.20. The molecule has 2 heterocycles. The van der Waals surface area contributed by atoms with Gasteiger partial charge in [0.1, 0.15) is 11.7 Å². The van der Waals surface area contributed by atoms with Gasteiger partial charge < -0.3 is 15.1 Å². The number of likely N-dealkylation sites (tertiary alicyclic amines) is 1. The summed E-state index contributed by atoms with van der Waals surface area (Å²) in [5.41, 5.74) is 0.463. The van der Waals surface area contributed by atoms with Crippen molar-refractivity contribution >= 4 is 17.7 Å². The van der Waals surface area contributed by atoms with Gasteiger partial charge in [-0.05, 0) is 39.2 Å². The molecule has 2 aliphatic rings. The second-order valence-corrected chi connectivity index (χ2v) is 7.39. The van der Waals surface area contributed by atoms with E-state index < -0.39 is 6.04 Å². The highest BCUT2D eigenvalue weighted by Gasteiger charge is 2.44. The minimum Gasteiger partial charge on any atom is -0.346 e. The molecule has 1 N–H and O–H groups in total. The van der Waals surface area contributed by atoms with E-state index in [1.54, 1.807) is 29.1 Å². The van der Waals surface area contributed by atoms with Crippen molar-refractivity contribution in [2.75, 3.05) is 19.6 Å². The number of hydrogen-bond acceptors (Lipinski definition) is 4. The van der Waals surface area contributed by atoms with Crippen LogP contribution in [0.15, 0.2) is 12.3 Å². The van der Waals surface area contributed by atoms with E-state index in [2.05, 4.69) is 10.4 Å². The SMILES string of the molecule is CCN(CC)C(=O)[C@@H]1C[C@@H](NC(=O)c2ccnn2C)CN1C(=O)C1CCC1. The standard InChI is InChI=1S/C19H29N5O3/c1-4-23(5-2)19(27)16-11-14(12-24(16)18(26)13-7-6-8-13)21-17(25)15-9-10-20-22(15)3/h9-10,13-14,16H,4-8,11-12H2,1-3H3,(H,21,25)/t14-,16+/m1/s1. The highest BCUT2D eigenvalue weighted by atomic mass is 16.2. The zero-order valence-electron chi connectivity index (χ0n) is 16.4. The van der Waals surface area contributed by atoms with Gasteiger partial charge in [0.05, 0.1) is 0 Å². The molecule has 0 unspecified atom stereocenters. The van der Waals surface area contributed by atoms with E-state index in [0.717, 1.165) is 19.3 Å². The Morgan fingerprint density at radius 2 is 1.96 bits per heavy atom. The fourth-order valence-corrected chi connectivity index (χ4v) is 3.91. The Labute approximate surface area is 159 Å². The Morgan fingerprint density at radius 1 is 1.26 bits per heavy atom. The van der Waals surface area contributed by atoms with Crippen molar-refractivity contribution in [3.8, 4) is 0 Å². The van der Waals surface area contributed by atoms with Crippen LogP contribution in [0.4, 0.5) is 0 Å². The predicted molar refractivity (Wildman–Crippen MR) is 99.8 cm³/mol. The molecule has 1 saturated carbocycles. The van der Waals surface area contributed by atoms with E-state index in [0.29, 0.717) is 31.7 Å². The number of nitrogens with zero attached hydrogens (tertiary/aromatic N) is 4. The summed E-state index contributed by atoms with van der Waals surface area (Å²) in [6, 6.07) is 0.927. The second kappa shape index (κ2) is 8.10. The summed E-state index contributed by atoms with van der Waals surface area (Å²) in [4.78, 5) is 41.8. The lowest BCUT2D eigenvalue weighted by Gasteiger charge is -2.34. The highest BCUT2D eigenvalue weighted by Crippen LogP contribution is 2.32. The van der Waals surface area contributed by atoms with Crippen molar-refractivity contribution in [2.45, 2.75) is 51.6 Å². The molecule has 0 spiro atoms. The minimum atomic E-state index is -0.491. The summed E-state index contributed by atoms with van der Waals surface area (Å²) >= 11 is 0. The van der Waals surface area contributed by atoms with Gasteiger partial charge in [-0.2, -0.15) is 5.10 Å². The van der Waals surface area contributed by atoms with Crippen LogP contribution in [0, 0.1) is 5.92 Å². The van der Waals surface area contributed by atoms with Crippen LogP contribution in [-0.4, -0.2) is 69.0 Å². The van der Waals surface area contributed by atoms with E-state index in [9.17, 15) is 14.4 Å². The summed E-state index contributed by atoms with van der Waals surface area (Å²) in [7, 11) is 1.71. The molecular formula is C19H29N5O3. The van der Waals surface area contributed by atoms with Gasteiger partial charge in [0, 0.05) is 44.8 Å². The van der Waals surface area contributed by atoms with Gasteiger partial charge in [-0.3, -0.25) is 19.1 Å². The van der Waals surface area contributed by atoms with Crippen molar-refractivity contribution in [3.63, 3.8) is 0 Å². The number of rotatable bonds is 6. The van der Waals surface area contributed by atoms with Crippen LogP contribution in [0.1, 0.15) is 50.0 Å². The zero-order valence-corrected chi connectivity index (χ0v) is 16.4. The van der Waals surface area contributed by atoms with E-state index in [4.69, 9.17) is 0 Å². The van der Waals surface area contributed by atoms with Gasteiger partial charge in [0.25, 0.3) is 5.91 Å². The number of aryl methyl sites for hydroxylation is 1. The van der Waals surface area contributed by atoms with E-state index in [1.165, 1.54) is 4.68 Å². The Kier molecular flexibility index (Phi) is 5.82. The molecule has 8 nitrogen and oxygen atoms in total.